The summed E-state index contributed by atoms with van der Waals surface area (Å²) in [6.07, 6.45) is 0.153. The van der Waals surface area contributed by atoms with Gasteiger partial charge in [-0.25, -0.2) is 0 Å². The standard InChI is InChI=1S/C25H21NO4/c26-25(24(28)29)13-15-7-1-2-8-16(15)22(25)23(27)30-14-21-19-11-5-3-9-17(19)18-10-4-6-12-20(18)21/h1-12,21-22H,13-14,26H2,(H,28,29)/t22-,25-/m0/s1. The molecule has 0 amide bonds. The van der Waals surface area contributed by atoms with E-state index in [1.54, 1.807) is 12.1 Å². The Kier molecular flexibility index (Phi) is 4.22. The molecular formula is C25H21NO4. The number of carbonyl (C=O) groups is 2. The lowest BCUT2D eigenvalue weighted by molar-refractivity contribution is -0.487. The first kappa shape index (κ1) is 18.6. The van der Waals surface area contributed by atoms with Crippen LogP contribution in [0.1, 0.15) is 34.1 Å². The van der Waals surface area contributed by atoms with E-state index in [0.717, 1.165) is 27.8 Å². The maximum Gasteiger partial charge on any atom is 0.320 e. The first-order valence-electron chi connectivity index (χ1n) is 10.00. The van der Waals surface area contributed by atoms with Crippen LogP contribution in [-0.4, -0.2) is 24.1 Å². The fourth-order valence-corrected chi connectivity index (χ4v) is 4.95. The Morgan fingerprint density at radius 3 is 2.03 bits per heavy atom. The molecule has 30 heavy (non-hydrogen) atoms. The van der Waals surface area contributed by atoms with Gasteiger partial charge >= 0.3 is 5.97 Å². The highest BCUT2D eigenvalue weighted by molar-refractivity contribution is 5.92. The number of hydrogen-bond donors (Lipinski definition) is 1. The van der Waals surface area contributed by atoms with Gasteiger partial charge in [0.05, 0.1) is 0 Å². The number of esters is 1. The highest BCUT2D eigenvalue weighted by atomic mass is 16.5. The molecule has 0 unspecified atom stereocenters. The Morgan fingerprint density at radius 2 is 1.43 bits per heavy atom. The molecule has 0 spiro atoms. The van der Waals surface area contributed by atoms with E-state index in [0.29, 0.717) is 5.56 Å². The van der Waals surface area contributed by atoms with Crippen molar-refractivity contribution in [1.82, 2.24) is 0 Å². The second kappa shape index (κ2) is 6.82. The van der Waals surface area contributed by atoms with Crippen LogP contribution in [0, 0.1) is 0 Å². The second-order valence-electron chi connectivity index (χ2n) is 8.11. The first-order chi connectivity index (χ1) is 14.5. The third kappa shape index (κ3) is 2.66. The van der Waals surface area contributed by atoms with E-state index in [9.17, 15) is 14.7 Å². The van der Waals surface area contributed by atoms with Gasteiger partial charge in [0.1, 0.15) is 18.5 Å². The fraction of sp³-hybridized carbons (Fsp3) is 0.200. The average molecular weight is 399 g/mol. The van der Waals surface area contributed by atoms with Gasteiger partial charge in [0, 0.05) is 12.3 Å². The maximum absolute atomic E-state index is 13.2. The Labute approximate surface area is 174 Å². The highest BCUT2D eigenvalue weighted by Crippen LogP contribution is 2.45. The molecule has 0 aromatic heterocycles. The summed E-state index contributed by atoms with van der Waals surface area (Å²) in [6.45, 7) is 0.147. The van der Waals surface area contributed by atoms with E-state index in [4.69, 9.17) is 4.74 Å². The van der Waals surface area contributed by atoms with Crippen LogP contribution in [0.5, 0.6) is 0 Å². The SMILES string of the molecule is [NH3+][C@@]1(C(=O)[O-])Cc2ccccc2[C@H]1C(=O)OCC1c2ccccc2-c2ccccc21. The molecule has 5 heteroatoms. The number of fused-ring (bicyclic) bond motifs is 4. The van der Waals surface area contributed by atoms with Crippen molar-refractivity contribution < 1.29 is 25.2 Å². The summed E-state index contributed by atoms with van der Waals surface area (Å²) in [5.41, 5.74) is 8.27. The van der Waals surface area contributed by atoms with Crippen molar-refractivity contribution in [1.29, 1.82) is 0 Å². The van der Waals surface area contributed by atoms with E-state index >= 15 is 0 Å². The number of benzene rings is 3. The highest BCUT2D eigenvalue weighted by Gasteiger charge is 2.53. The second-order valence-corrected chi connectivity index (χ2v) is 8.11. The quantitative estimate of drug-likeness (QED) is 0.671. The minimum Gasteiger partial charge on any atom is -0.544 e. The summed E-state index contributed by atoms with van der Waals surface area (Å²) in [6, 6.07) is 23.4. The molecule has 2 aliphatic carbocycles. The van der Waals surface area contributed by atoms with E-state index in [1.165, 1.54) is 0 Å². The number of hydrogen-bond acceptors (Lipinski definition) is 4. The third-order valence-corrected chi connectivity index (χ3v) is 6.42. The molecule has 0 heterocycles. The van der Waals surface area contributed by atoms with Crippen molar-refractivity contribution in [2.75, 3.05) is 6.61 Å². The number of carboxylic acid groups (broad SMARTS) is 1. The molecule has 3 N–H and O–H groups in total. The van der Waals surface area contributed by atoms with Gasteiger partial charge in [-0.3, -0.25) is 4.79 Å². The van der Waals surface area contributed by atoms with Crippen LogP contribution in [0.15, 0.2) is 72.8 Å². The van der Waals surface area contributed by atoms with Gasteiger partial charge in [0.15, 0.2) is 5.54 Å². The summed E-state index contributed by atoms with van der Waals surface area (Å²) in [7, 11) is 0. The number of aliphatic carboxylic acids is 1. The van der Waals surface area contributed by atoms with Crippen molar-refractivity contribution in [3.63, 3.8) is 0 Å². The van der Waals surface area contributed by atoms with Crippen LogP contribution in [0.3, 0.4) is 0 Å². The molecule has 2 aliphatic rings. The Balaban J connectivity index is 1.45. The predicted molar refractivity (Wildman–Crippen MR) is 108 cm³/mol. The Morgan fingerprint density at radius 1 is 0.900 bits per heavy atom. The van der Waals surface area contributed by atoms with Crippen LogP contribution >= 0.6 is 0 Å². The summed E-state index contributed by atoms with van der Waals surface area (Å²) in [5, 5.41) is 11.9. The molecule has 0 aliphatic heterocycles. The molecule has 0 saturated heterocycles. The molecule has 3 aromatic carbocycles. The molecular weight excluding hydrogens is 378 g/mol. The van der Waals surface area contributed by atoms with Gasteiger partial charge in [0.25, 0.3) is 0 Å². The summed E-state index contributed by atoms with van der Waals surface area (Å²) in [4.78, 5) is 25.1. The van der Waals surface area contributed by atoms with Gasteiger partial charge in [-0.05, 0) is 33.4 Å². The number of ether oxygens (including phenoxy) is 1. The van der Waals surface area contributed by atoms with Crippen molar-refractivity contribution >= 4 is 11.9 Å². The van der Waals surface area contributed by atoms with Crippen molar-refractivity contribution in [2.45, 2.75) is 23.8 Å². The molecule has 2 atom stereocenters. The van der Waals surface area contributed by atoms with Crippen LogP contribution in [0.25, 0.3) is 11.1 Å². The van der Waals surface area contributed by atoms with Crippen molar-refractivity contribution in [3.8, 4) is 11.1 Å². The molecule has 5 nitrogen and oxygen atoms in total. The molecule has 3 aromatic rings. The zero-order valence-electron chi connectivity index (χ0n) is 16.3. The maximum atomic E-state index is 13.2. The Bertz CT molecular complexity index is 1130. The molecule has 150 valence electrons. The summed E-state index contributed by atoms with van der Waals surface area (Å²) in [5.74, 6) is -2.97. The summed E-state index contributed by atoms with van der Waals surface area (Å²) >= 11 is 0. The topological polar surface area (TPSA) is 94.1 Å². The number of carbonyl (C=O) groups excluding carboxylic acids is 2. The molecule has 0 radical (unpaired) electrons. The Hall–Kier alpha value is -3.44. The molecule has 5 rings (SSSR count). The van der Waals surface area contributed by atoms with Crippen molar-refractivity contribution in [3.05, 3.63) is 95.1 Å². The van der Waals surface area contributed by atoms with Crippen LogP contribution in [-0.2, 0) is 20.7 Å². The molecule has 0 saturated carbocycles. The lowest BCUT2D eigenvalue weighted by Gasteiger charge is -2.28. The van der Waals surface area contributed by atoms with Gasteiger partial charge in [-0.2, -0.15) is 0 Å². The van der Waals surface area contributed by atoms with Crippen LogP contribution in [0.4, 0.5) is 0 Å². The number of rotatable bonds is 4. The van der Waals surface area contributed by atoms with Crippen LogP contribution < -0.4 is 10.8 Å². The van der Waals surface area contributed by atoms with Crippen LogP contribution in [0.2, 0.25) is 0 Å². The fourth-order valence-electron chi connectivity index (χ4n) is 4.95. The third-order valence-electron chi connectivity index (χ3n) is 6.42. The average Bonchev–Trinajstić information content (AvgIpc) is 3.24. The van der Waals surface area contributed by atoms with Crippen molar-refractivity contribution in [2.24, 2.45) is 0 Å². The van der Waals surface area contributed by atoms with Gasteiger partial charge in [-0.1, -0.05) is 72.8 Å². The minimum atomic E-state index is -1.56. The number of carboxylic acids is 1. The lowest BCUT2D eigenvalue weighted by atomic mass is 9.85. The molecule has 0 bridgehead atoms. The predicted octanol–water partition coefficient (Wildman–Crippen LogP) is 1.41. The van der Waals surface area contributed by atoms with E-state index in [-0.39, 0.29) is 18.9 Å². The van der Waals surface area contributed by atoms with Gasteiger partial charge in [0.2, 0.25) is 0 Å². The zero-order valence-corrected chi connectivity index (χ0v) is 16.3. The zero-order chi connectivity index (χ0) is 20.9. The monoisotopic (exact) mass is 399 g/mol. The van der Waals surface area contributed by atoms with Gasteiger partial charge < -0.3 is 20.4 Å². The van der Waals surface area contributed by atoms with E-state index in [1.807, 2.05) is 48.5 Å². The minimum absolute atomic E-state index is 0.0832. The van der Waals surface area contributed by atoms with E-state index < -0.39 is 23.4 Å². The smallest absolute Gasteiger partial charge is 0.320 e. The normalized spacial score (nSPS) is 21.6. The molecule has 0 fully saturated rings. The largest absolute Gasteiger partial charge is 0.544 e. The lowest BCUT2D eigenvalue weighted by Crippen LogP contribution is -2.82. The number of quaternary nitrogens is 1. The summed E-state index contributed by atoms with van der Waals surface area (Å²) < 4.78 is 5.76. The van der Waals surface area contributed by atoms with E-state index in [2.05, 4.69) is 17.9 Å². The first-order valence-corrected chi connectivity index (χ1v) is 10.00. The van der Waals surface area contributed by atoms with Gasteiger partial charge in [-0.15, -0.1) is 0 Å².